The van der Waals surface area contributed by atoms with E-state index in [9.17, 15) is 18.0 Å². The van der Waals surface area contributed by atoms with Crippen molar-refractivity contribution in [3.8, 4) is 0 Å². The minimum atomic E-state index is -4.12. The van der Waals surface area contributed by atoms with Crippen LogP contribution in [0, 0.1) is 13.8 Å². The summed E-state index contributed by atoms with van der Waals surface area (Å²) >= 11 is 12.2. The second-order valence-corrected chi connectivity index (χ2v) is 11.6. The molecule has 0 aliphatic carbocycles. The zero-order valence-corrected chi connectivity index (χ0v) is 24.1. The maximum absolute atomic E-state index is 13.9. The molecule has 0 aliphatic rings. The molecule has 3 rings (SSSR count). The molecular formula is C28H31Cl2N3O4S. The number of aryl methyl sites for hydroxylation is 1. The number of rotatable bonds is 10. The summed E-state index contributed by atoms with van der Waals surface area (Å²) in [6, 6.07) is 17.3. The van der Waals surface area contributed by atoms with Crippen LogP contribution in [0.15, 0.2) is 71.6 Å². The third-order valence-electron chi connectivity index (χ3n) is 6.31. The number of benzene rings is 3. The standard InChI is InChI=1S/C28H31Cl2N3O4S/c1-5-31-28(35)21(4)32(17-22-14-15-24(29)25(30)16-22)27(34)18-33(26-13-9-10-19(2)20(26)3)38(36,37)23-11-7-6-8-12-23/h6-16,21H,5,17-18H2,1-4H3,(H,31,35)/t21-/m1/s1. The van der Waals surface area contributed by atoms with Crippen LogP contribution in [-0.2, 0) is 26.2 Å². The van der Waals surface area contributed by atoms with Gasteiger partial charge in [0.2, 0.25) is 11.8 Å². The minimum absolute atomic E-state index is 0.0278. The van der Waals surface area contributed by atoms with E-state index >= 15 is 0 Å². The quantitative estimate of drug-likeness (QED) is 0.352. The summed E-state index contributed by atoms with van der Waals surface area (Å²) in [5.41, 5.74) is 2.65. The van der Waals surface area contributed by atoms with Gasteiger partial charge in [0.15, 0.2) is 0 Å². The van der Waals surface area contributed by atoms with Crippen LogP contribution in [0.5, 0.6) is 0 Å². The van der Waals surface area contributed by atoms with Gasteiger partial charge in [0.25, 0.3) is 10.0 Å². The van der Waals surface area contributed by atoms with E-state index in [4.69, 9.17) is 23.2 Å². The Morgan fingerprint density at radius 1 is 0.947 bits per heavy atom. The fraction of sp³-hybridized carbons (Fsp3) is 0.286. The van der Waals surface area contributed by atoms with Gasteiger partial charge in [-0.05, 0) is 74.7 Å². The molecule has 7 nitrogen and oxygen atoms in total. The number of hydrogen-bond acceptors (Lipinski definition) is 4. The van der Waals surface area contributed by atoms with E-state index in [2.05, 4.69) is 5.32 Å². The molecule has 0 fully saturated rings. The molecule has 38 heavy (non-hydrogen) atoms. The van der Waals surface area contributed by atoms with Crippen molar-refractivity contribution in [3.63, 3.8) is 0 Å². The average molecular weight is 577 g/mol. The number of hydrogen-bond donors (Lipinski definition) is 1. The van der Waals surface area contributed by atoms with Crippen molar-refractivity contribution < 1.29 is 18.0 Å². The van der Waals surface area contributed by atoms with Crippen LogP contribution in [0.3, 0.4) is 0 Å². The van der Waals surface area contributed by atoms with E-state index in [1.54, 1.807) is 62.4 Å². The number of carbonyl (C=O) groups excluding carboxylic acids is 2. The Morgan fingerprint density at radius 3 is 2.26 bits per heavy atom. The molecule has 0 saturated carbocycles. The Kier molecular flexibility index (Phi) is 9.82. The fourth-order valence-corrected chi connectivity index (χ4v) is 5.79. The van der Waals surface area contributed by atoms with E-state index in [0.717, 1.165) is 15.4 Å². The molecule has 1 N–H and O–H groups in total. The Labute approximate surface area is 234 Å². The number of nitrogens with one attached hydrogen (secondary N) is 1. The molecule has 3 aromatic rings. The second kappa shape index (κ2) is 12.7. The number of anilines is 1. The van der Waals surface area contributed by atoms with Gasteiger partial charge in [-0.15, -0.1) is 0 Å². The number of amides is 2. The van der Waals surface area contributed by atoms with E-state index in [1.165, 1.54) is 17.0 Å². The normalized spacial score (nSPS) is 12.1. The van der Waals surface area contributed by atoms with Crippen LogP contribution >= 0.6 is 23.2 Å². The van der Waals surface area contributed by atoms with Crippen LogP contribution in [0.2, 0.25) is 10.0 Å². The molecule has 0 bridgehead atoms. The summed E-state index contributed by atoms with van der Waals surface area (Å²) in [5, 5.41) is 3.40. The Balaban J connectivity index is 2.07. The first-order chi connectivity index (χ1) is 18.0. The van der Waals surface area contributed by atoms with Gasteiger partial charge in [0, 0.05) is 13.1 Å². The number of likely N-dealkylation sites (N-methyl/N-ethyl adjacent to an activating group) is 1. The molecule has 0 saturated heterocycles. The molecule has 202 valence electrons. The average Bonchev–Trinajstić information content (AvgIpc) is 2.89. The van der Waals surface area contributed by atoms with E-state index in [0.29, 0.717) is 27.8 Å². The highest BCUT2D eigenvalue weighted by atomic mass is 35.5. The maximum atomic E-state index is 13.9. The Hall–Kier alpha value is -3.07. The molecule has 0 unspecified atom stereocenters. The molecule has 0 aromatic heterocycles. The predicted octanol–water partition coefficient (Wildman–Crippen LogP) is 5.36. The van der Waals surface area contributed by atoms with Gasteiger partial charge < -0.3 is 10.2 Å². The van der Waals surface area contributed by atoms with Crippen molar-refractivity contribution in [2.24, 2.45) is 0 Å². The van der Waals surface area contributed by atoms with Crippen molar-refractivity contribution in [1.29, 1.82) is 0 Å². The highest BCUT2D eigenvalue weighted by Crippen LogP contribution is 2.29. The summed E-state index contributed by atoms with van der Waals surface area (Å²) in [4.78, 5) is 28.1. The number of sulfonamides is 1. The smallest absolute Gasteiger partial charge is 0.264 e. The minimum Gasteiger partial charge on any atom is -0.355 e. The lowest BCUT2D eigenvalue weighted by Gasteiger charge is -2.32. The Bertz CT molecular complexity index is 1410. The van der Waals surface area contributed by atoms with E-state index in [-0.39, 0.29) is 17.3 Å². The first-order valence-electron chi connectivity index (χ1n) is 12.1. The molecule has 0 radical (unpaired) electrons. The van der Waals surface area contributed by atoms with Gasteiger partial charge in [-0.2, -0.15) is 0 Å². The molecule has 0 heterocycles. The number of nitrogens with zero attached hydrogens (tertiary/aromatic N) is 2. The first kappa shape index (κ1) is 29.5. The summed E-state index contributed by atoms with van der Waals surface area (Å²) in [6.45, 7) is 6.98. The lowest BCUT2D eigenvalue weighted by molar-refractivity contribution is -0.139. The second-order valence-electron chi connectivity index (χ2n) is 8.88. The third-order valence-corrected chi connectivity index (χ3v) is 8.82. The van der Waals surface area contributed by atoms with Crippen LogP contribution in [0.4, 0.5) is 5.69 Å². The molecule has 0 aliphatic heterocycles. The van der Waals surface area contributed by atoms with Gasteiger partial charge in [0.1, 0.15) is 12.6 Å². The van der Waals surface area contributed by atoms with Crippen molar-refractivity contribution in [3.05, 3.63) is 93.5 Å². The van der Waals surface area contributed by atoms with Crippen molar-refractivity contribution in [2.75, 3.05) is 17.4 Å². The lowest BCUT2D eigenvalue weighted by atomic mass is 10.1. The molecule has 0 spiro atoms. The van der Waals surface area contributed by atoms with Crippen LogP contribution in [0.1, 0.15) is 30.5 Å². The summed E-state index contributed by atoms with van der Waals surface area (Å²) < 4.78 is 28.8. The van der Waals surface area contributed by atoms with Gasteiger partial charge in [-0.3, -0.25) is 13.9 Å². The predicted molar refractivity (Wildman–Crippen MR) is 152 cm³/mol. The fourth-order valence-electron chi connectivity index (χ4n) is 3.98. The van der Waals surface area contributed by atoms with Crippen LogP contribution in [-0.4, -0.2) is 44.3 Å². The Morgan fingerprint density at radius 2 is 1.63 bits per heavy atom. The van der Waals surface area contributed by atoms with Crippen LogP contribution < -0.4 is 9.62 Å². The van der Waals surface area contributed by atoms with Crippen molar-refractivity contribution >= 4 is 50.7 Å². The van der Waals surface area contributed by atoms with E-state index < -0.39 is 28.5 Å². The van der Waals surface area contributed by atoms with E-state index in [1.807, 2.05) is 19.9 Å². The molecule has 2 amide bonds. The third kappa shape index (κ3) is 6.67. The topological polar surface area (TPSA) is 86.8 Å². The zero-order valence-electron chi connectivity index (χ0n) is 21.7. The molecule has 1 atom stereocenters. The van der Waals surface area contributed by atoms with Gasteiger partial charge >= 0.3 is 0 Å². The lowest BCUT2D eigenvalue weighted by Crippen LogP contribution is -2.51. The molecule has 10 heteroatoms. The number of carbonyl (C=O) groups is 2. The van der Waals surface area contributed by atoms with Crippen molar-refractivity contribution in [2.45, 2.75) is 45.2 Å². The highest BCUT2D eigenvalue weighted by molar-refractivity contribution is 7.92. The summed E-state index contributed by atoms with van der Waals surface area (Å²) in [5.74, 6) is -0.902. The largest absolute Gasteiger partial charge is 0.355 e. The van der Waals surface area contributed by atoms with Gasteiger partial charge in [-0.25, -0.2) is 8.42 Å². The molecular weight excluding hydrogens is 545 g/mol. The van der Waals surface area contributed by atoms with Gasteiger partial charge in [-0.1, -0.05) is 59.6 Å². The van der Waals surface area contributed by atoms with Crippen LogP contribution in [0.25, 0.3) is 0 Å². The first-order valence-corrected chi connectivity index (χ1v) is 14.3. The monoisotopic (exact) mass is 575 g/mol. The number of halogens is 2. The SMILES string of the molecule is CCNC(=O)[C@@H](C)N(Cc1ccc(Cl)c(Cl)c1)C(=O)CN(c1cccc(C)c1C)S(=O)(=O)c1ccccc1. The van der Waals surface area contributed by atoms with Gasteiger partial charge in [0.05, 0.1) is 20.6 Å². The summed E-state index contributed by atoms with van der Waals surface area (Å²) in [7, 11) is -4.12. The summed E-state index contributed by atoms with van der Waals surface area (Å²) in [6.07, 6.45) is 0. The zero-order chi connectivity index (χ0) is 28.0. The van der Waals surface area contributed by atoms with Crippen molar-refractivity contribution in [1.82, 2.24) is 10.2 Å². The maximum Gasteiger partial charge on any atom is 0.264 e. The molecule has 3 aromatic carbocycles. The highest BCUT2D eigenvalue weighted by Gasteiger charge is 2.33.